The molecule has 1 aliphatic heterocycles. The first-order valence-electron chi connectivity index (χ1n) is 8.28. The summed E-state index contributed by atoms with van der Waals surface area (Å²) in [4.78, 5) is 29.5. The third-order valence-electron chi connectivity index (χ3n) is 4.60. The third-order valence-corrected chi connectivity index (χ3v) is 4.60. The number of pyridine rings is 1. The molecule has 1 aliphatic rings. The first-order valence-corrected chi connectivity index (χ1v) is 8.28. The lowest BCUT2D eigenvalue weighted by Gasteiger charge is -2.26. The van der Waals surface area contributed by atoms with Crippen LogP contribution in [0.1, 0.15) is 40.5 Å². The van der Waals surface area contributed by atoms with Crippen molar-refractivity contribution in [3.8, 4) is 11.5 Å². The number of methoxy groups -OCH3 is 2. The first-order chi connectivity index (χ1) is 12.0. The number of carbonyl (C=O) groups is 1. The van der Waals surface area contributed by atoms with Gasteiger partial charge in [0.05, 0.1) is 20.3 Å². The van der Waals surface area contributed by atoms with Crippen LogP contribution in [0.15, 0.2) is 35.1 Å². The van der Waals surface area contributed by atoms with E-state index in [-0.39, 0.29) is 23.1 Å². The van der Waals surface area contributed by atoms with Gasteiger partial charge >= 0.3 is 0 Å². The molecule has 0 unspecified atom stereocenters. The number of carbonyl (C=O) groups excluding carboxylic acids is 1. The zero-order valence-electron chi connectivity index (χ0n) is 14.7. The minimum atomic E-state index is -0.353. The summed E-state index contributed by atoms with van der Waals surface area (Å²) < 4.78 is 10.8. The van der Waals surface area contributed by atoms with Crippen molar-refractivity contribution in [2.75, 3.05) is 20.8 Å². The van der Waals surface area contributed by atoms with Crippen LogP contribution in [-0.2, 0) is 0 Å². The molecule has 1 N–H and O–H groups in total. The fourth-order valence-corrected chi connectivity index (χ4v) is 3.33. The Bertz CT molecular complexity index is 844. The monoisotopic (exact) mass is 342 g/mol. The quantitative estimate of drug-likeness (QED) is 0.927. The number of hydrogen-bond donors (Lipinski definition) is 1. The number of benzene rings is 1. The normalized spacial score (nSPS) is 16.8. The van der Waals surface area contributed by atoms with E-state index in [0.29, 0.717) is 18.0 Å². The predicted octanol–water partition coefficient (Wildman–Crippen LogP) is 2.68. The van der Waals surface area contributed by atoms with Gasteiger partial charge in [0, 0.05) is 17.8 Å². The molecule has 1 amide bonds. The second kappa shape index (κ2) is 7.01. The average molecular weight is 342 g/mol. The molecule has 0 bridgehead atoms. The Balaban J connectivity index is 1.98. The predicted molar refractivity (Wildman–Crippen MR) is 94.4 cm³/mol. The summed E-state index contributed by atoms with van der Waals surface area (Å²) in [5.74, 6) is 1.17. The average Bonchev–Trinajstić information content (AvgIpc) is 3.10. The zero-order chi connectivity index (χ0) is 18.0. The maximum atomic E-state index is 13.0. The number of H-pyrrole nitrogens is 1. The van der Waals surface area contributed by atoms with E-state index in [1.165, 1.54) is 0 Å². The Hall–Kier alpha value is -2.76. The minimum Gasteiger partial charge on any atom is -0.497 e. The number of hydrogen-bond acceptors (Lipinski definition) is 4. The van der Waals surface area contributed by atoms with E-state index in [4.69, 9.17) is 9.47 Å². The SMILES string of the molecule is COc1ccc(OC)c([C@@H]2CCCN2C(=O)c2ccc(C)[nH]c2=O)c1. The van der Waals surface area contributed by atoms with Gasteiger partial charge in [-0.15, -0.1) is 0 Å². The molecule has 0 saturated carbocycles. The van der Waals surface area contributed by atoms with Crippen molar-refractivity contribution < 1.29 is 14.3 Å². The molecule has 2 heterocycles. The van der Waals surface area contributed by atoms with Crippen LogP contribution in [0.3, 0.4) is 0 Å². The van der Waals surface area contributed by atoms with Crippen LogP contribution in [0.25, 0.3) is 0 Å². The van der Waals surface area contributed by atoms with Gasteiger partial charge in [0.1, 0.15) is 17.1 Å². The van der Waals surface area contributed by atoms with Crippen LogP contribution in [0.2, 0.25) is 0 Å². The maximum absolute atomic E-state index is 13.0. The number of likely N-dealkylation sites (tertiary alicyclic amines) is 1. The summed E-state index contributed by atoms with van der Waals surface area (Å²) in [6.07, 6.45) is 1.69. The van der Waals surface area contributed by atoms with E-state index in [0.717, 1.165) is 24.1 Å². The molecule has 3 rings (SSSR count). The largest absolute Gasteiger partial charge is 0.497 e. The lowest BCUT2D eigenvalue weighted by Crippen LogP contribution is -2.34. The van der Waals surface area contributed by atoms with Crippen LogP contribution in [0.5, 0.6) is 11.5 Å². The molecule has 6 nitrogen and oxygen atoms in total. The lowest BCUT2D eigenvalue weighted by atomic mass is 10.0. The van der Waals surface area contributed by atoms with Crippen LogP contribution in [0, 0.1) is 6.92 Å². The fourth-order valence-electron chi connectivity index (χ4n) is 3.33. The highest BCUT2D eigenvalue weighted by molar-refractivity contribution is 5.94. The maximum Gasteiger partial charge on any atom is 0.260 e. The Morgan fingerprint density at radius 1 is 1.20 bits per heavy atom. The molecule has 25 heavy (non-hydrogen) atoms. The highest BCUT2D eigenvalue weighted by Gasteiger charge is 2.33. The van der Waals surface area contributed by atoms with E-state index in [1.807, 2.05) is 18.2 Å². The van der Waals surface area contributed by atoms with E-state index < -0.39 is 0 Å². The van der Waals surface area contributed by atoms with Crippen LogP contribution >= 0.6 is 0 Å². The topological polar surface area (TPSA) is 71.6 Å². The smallest absolute Gasteiger partial charge is 0.260 e. The summed E-state index contributed by atoms with van der Waals surface area (Å²) in [5, 5.41) is 0. The van der Waals surface area contributed by atoms with Gasteiger partial charge in [0.2, 0.25) is 0 Å². The van der Waals surface area contributed by atoms with Crippen molar-refractivity contribution in [3.05, 3.63) is 57.5 Å². The first kappa shape index (κ1) is 17.1. The summed E-state index contributed by atoms with van der Waals surface area (Å²) in [5.41, 5.74) is 1.44. The zero-order valence-corrected chi connectivity index (χ0v) is 14.7. The van der Waals surface area contributed by atoms with Crippen LogP contribution < -0.4 is 15.0 Å². The molecule has 0 radical (unpaired) electrons. The molecule has 1 aromatic heterocycles. The molecular formula is C19H22N2O4. The number of amides is 1. The van der Waals surface area contributed by atoms with Crippen molar-refractivity contribution >= 4 is 5.91 Å². The molecule has 6 heteroatoms. The van der Waals surface area contributed by atoms with E-state index >= 15 is 0 Å². The second-order valence-electron chi connectivity index (χ2n) is 6.15. The third kappa shape index (κ3) is 3.24. The molecule has 2 aromatic rings. The van der Waals surface area contributed by atoms with Crippen molar-refractivity contribution in [3.63, 3.8) is 0 Å². The summed E-state index contributed by atoms with van der Waals surface area (Å²) in [6, 6.07) is 8.76. The Morgan fingerprint density at radius 2 is 2.00 bits per heavy atom. The number of aryl methyl sites for hydroxylation is 1. The van der Waals surface area contributed by atoms with Crippen molar-refractivity contribution in [2.24, 2.45) is 0 Å². The van der Waals surface area contributed by atoms with Gasteiger partial charge < -0.3 is 19.4 Å². The minimum absolute atomic E-state index is 0.141. The number of aromatic nitrogens is 1. The van der Waals surface area contributed by atoms with E-state index in [9.17, 15) is 9.59 Å². The number of nitrogens with one attached hydrogen (secondary N) is 1. The van der Waals surface area contributed by atoms with Crippen molar-refractivity contribution in [2.45, 2.75) is 25.8 Å². The summed E-state index contributed by atoms with van der Waals surface area (Å²) >= 11 is 0. The van der Waals surface area contributed by atoms with Crippen LogP contribution in [-0.4, -0.2) is 36.6 Å². The van der Waals surface area contributed by atoms with E-state index in [1.54, 1.807) is 38.2 Å². The molecule has 1 aromatic carbocycles. The molecule has 0 spiro atoms. The van der Waals surface area contributed by atoms with Crippen LogP contribution in [0.4, 0.5) is 0 Å². The van der Waals surface area contributed by atoms with Gasteiger partial charge in [0.25, 0.3) is 11.5 Å². The lowest BCUT2D eigenvalue weighted by molar-refractivity contribution is 0.0732. The molecular weight excluding hydrogens is 320 g/mol. The molecule has 0 aliphatic carbocycles. The molecule has 1 saturated heterocycles. The van der Waals surface area contributed by atoms with Gasteiger partial charge in [-0.1, -0.05) is 0 Å². The Morgan fingerprint density at radius 3 is 2.68 bits per heavy atom. The second-order valence-corrected chi connectivity index (χ2v) is 6.15. The standard InChI is InChI=1S/C19H22N2O4/c1-12-6-8-14(18(22)20-12)19(23)21-10-4-5-16(21)15-11-13(24-2)7-9-17(15)25-3/h6-9,11,16H,4-5,10H2,1-3H3,(H,20,22)/t16-/m0/s1. The number of aromatic amines is 1. The molecule has 1 fully saturated rings. The van der Waals surface area contributed by atoms with Gasteiger partial charge in [0.15, 0.2) is 0 Å². The van der Waals surface area contributed by atoms with Gasteiger partial charge in [-0.2, -0.15) is 0 Å². The summed E-state index contributed by atoms with van der Waals surface area (Å²) in [6.45, 7) is 2.40. The Labute approximate surface area is 146 Å². The highest BCUT2D eigenvalue weighted by atomic mass is 16.5. The number of rotatable bonds is 4. The van der Waals surface area contributed by atoms with Gasteiger partial charge in [-0.3, -0.25) is 9.59 Å². The van der Waals surface area contributed by atoms with Crippen molar-refractivity contribution in [1.29, 1.82) is 0 Å². The number of ether oxygens (including phenoxy) is 2. The number of nitrogens with zero attached hydrogens (tertiary/aromatic N) is 1. The highest BCUT2D eigenvalue weighted by Crippen LogP contribution is 2.39. The van der Waals surface area contributed by atoms with Gasteiger partial charge in [-0.05, 0) is 50.1 Å². The molecule has 132 valence electrons. The van der Waals surface area contributed by atoms with Gasteiger partial charge in [-0.25, -0.2) is 0 Å². The summed E-state index contributed by atoms with van der Waals surface area (Å²) in [7, 11) is 3.21. The fraction of sp³-hybridized carbons (Fsp3) is 0.368. The Kier molecular flexibility index (Phi) is 4.79. The van der Waals surface area contributed by atoms with Crippen molar-refractivity contribution in [1.82, 2.24) is 9.88 Å². The molecule has 1 atom stereocenters. The van der Waals surface area contributed by atoms with E-state index in [2.05, 4.69) is 4.98 Å².